The fourth-order valence-electron chi connectivity index (χ4n) is 1.86. The fraction of sp³-hybridized carbons (Fsp3) is 0.143. The van der Waals surface area contributed by atoms with Gasteiger partial charge >= 0.3 is 0 Å². The van der Waals surface area contributed by atoms with E-state index in [1.807, 2.05) is 6.07 Å². The summed E-state index contributed by atoms with van der Waals surface area (Å²) in [5.41, 5.74) is 7.74. The Morgan fingerprint density at radius 2 is 1.95 bits per heavy atom. The van der Waals surface area contributed by atoms with Gasteiger partial charge in [0.1, 0.15) is 5.82 Å². The first-order valence-electron chi connectivity index (χ1n) is 5.62. The SMILES string of the molecule is NC(Cc1cccc(F)c1Cl)c1ccc(Cl)cc1Br. The lowest BCUT2D eigenvalue weighted by Gasteiger charge is -2.15. The van der Waals surface area contributed by atoms with Gasteiger partial charge in [-0.25, -0.2) is 4.39 Å². The number of benzene rings is 2. The lowest BCUT2D eigenvalue weighted by atomic mass is 9.99. The van der Waals surface area contributed by atoms with Gasteiger partial charge in [-0.3, -0.25) is 0 Å². The molecule has 0 spiro atoms. The maximum Gasteiger partial charge on any atom is 0.142 e. The van der Waals surface area contributed by atoms with Crippen LogP contribution in [0.1, 0.15) is 17.2 Å². The van der Waals surface area contributed by atoms with Crippen LogP contribution in [0.2, 0.25) is 10.0 Å². The standard InChI is InChI=1S/C14H11BrCl2FN/c15-11-7-9(16)4-5-10(11)13(19)6-8-2-1-3-12(18)14(8)17/h1-5,7,13H,6,19H2. The van der Waals surface area contributed by atoms with E-state index in [-0.39, 0.29) is 11.1 Å². The molecule has 0 aliphatic heterocycles. The van der Waals surface area contributed by atoms with Crippen LogP contribution in [0.15, 0.2) is 40.9 Å². The second-order valence-corrected chi connectivity index (χ2v) is 5.86. The molecular weight excluding hydrogens is 352 g/mol. The van der Waals surface area contributed by atoms with Crippen LogP contribution in [-0.2, 0) is 6.42 Å². The summed E-state index contributed by atoms with van der Waals surface area (Å²) in [6.07, 6.45) is 0.455. The van der Waals surface area contributed by atoms with Crippen molar-refractivity contribution in [3.05, 3.63) is 67.9 Å². The van der Waals surface area contributed by atoms with Crippen LogP contribution in [0, 0.1) is 5.82 Å². The number of hydrogen-bond donors (Lipinski definition) is 1. The van der Waals surface area contributed by atoms with Crippen LogP contribution in [0.4, 0.5) is 4.39 Å². The van der Waals surface area contributed by atoms with Crippen LogP contribution in [-0.4, -0.2) is 0 Å². The van der Waals surface area contributed by atoms with Crippen LogP contribution >= 0.6 is 39.1 Å². The molecule has 100 valence electrons. The highest BCUT2D eigenvalue weighted by Crippen LogP contribution is 2.29. The summed E-state index contributed by atoms with van der Waals surface area (Å²) in [4.78, 5) is 0. The van der Waals surface area contributed by atoms with E-state index in [1.54, 1.807) is 24.3 Å². The number of rotatable bonds is 3. The molecule has 0 aliphatic carbocycles. The fourth-order valence-corrected chi connectivity index (χ4v) is 3.04. The van der Waals surface area contributed by atoms with Crippen molar-refractivity contribution >= 4 is 39.1 Å². The molecule has 1 nitrogen and oxygen atoms in total. The van der Waals surface area contributed by atoms with E-state index >= 15 is 0 Å². The first kappa shape index (κ1) is 14.8. The van der Waals surface area contributed by atoms with Gasteiger partial charge in [0.2, 0.25) is 0 Å². The maximum absolute atomic E-state index is 13.4. The topological polar surface area (TPSA) is 26.0 Å². The Morgan fingerprint density at radius 1 is 1.21 bits per heavy atom. The molecule has 2 N–H and O–H groups in total. The van der Waals surface area contributed by atoms with Crippen molar-refractivity contribution in [3.63, 3.8) is 0 Å². The molecule has 0 saturated carbocycles. The van der Waals surface area contributed by atoms with Gasteiger partial charge in [-0.2, -0.15) is 0 Å². The zero-order chi connectivity index (χ0) is 14.0. The van der Waals surface area contributed by atoms with Crippen molar-refractivity contribution in [3.8, 4) is 0 Å². The minimum Gasteiger partial charge on any atom is -0.324 e. The molecule has 2 aromatic carbocycles. The van der Waals surface area contributed by atoms with E-state index in [2.05, 4.69) is 15.9 Å². The van der Waals surface area contributed by atoms with Gasteiger partial charge in [-0.05, 0) is 35.7 Å². The molecule has 0 heterocycles. The van der Waals surface area contributed by atoms with Crippen LogP contribution in [0.25, 0.3) is 0 Å². The smallest absolute Gasteiger partial charge is 0.142 e. The van der Waals surface area contributed by atoms with Gasteiger partial charge in [-0.15, -0.1) is 0 Å². The summed E-state index contributed by atoms with van der Waals surface area (Å²) < 4.78 is 14.2. The molecule has 2 rings (SSSR count). The molecule has 0 saturated heterocycles. The molecule has 1 atom stereocenters. The van der Waals surface area contributed by atoms with Crippen molar-refractivity contribution < 1.29 is 4.39 Å². The molecule has 0 fully saturated rings. The van der Waals surface area contributed by atoms with Gasteiger partial charge in [0.05, 0.1) is 5.02 Å². The Balaban J connectivity index is 2.25. The van der Waals surface area contributed by atoms with Crippen LogP contribution < -0.4 is 5.73 Å². The molecule has 0 bridgehead atoms. The molecule has 1 unspecified atom stereocenters. The summed E-state index contributed by atoms with van der Waals surface area (Å²) in [5.74, 6) is -0.429. The van der Waals surface area contributed by atoms with Crippen LogP contribution in [0.3, 0.4) is 0 Å². The monoisotopic (exact) mass is 361 g/mol. The molecule has 0 amide bonds. The largest absolute Gasteiger partial charge is 0.324 e. The van der Waals surface area contributed by atoms with Crippen molar-refractivity contribution in [1.29, 1.82) is 0 Å². The number of hydrogen-bond acceptors (Lipinski definition) is 1. The van der Waals surface area contributed by atoms with Gasteiger partial charge in [0.25, 0.3) is 0 Å². The van der Waals surface area contributed by atoms with E-state index in [0.29, 0.717) is 17.0 Å². The van der Waals surface area contributed by atoms with Gasteiger partial charge in [-0.1, -0.05) is 57.3 Å². The van der Waals surface area contributed by atoms with Crippen molar-refractivity contribution in [2.24, 2.45) is 5.73 Å². The predicted octanol–water partition coefficient (Wildman–Crippen LogP) is 5.14. The van der Waals surface area contributed by atoms with Crippen molar-refractivity contribution in [2.45, 2.75) is 12.5 Å². The summed E-state index contributed by atoms with van der Waals surface area (Å²) in [7, 11) is 0. The summed E-state index contributed by atoms with van der Waals surface area (Å²) in [5, 5.41) is 0.759. The zero-order valence-corrected chi connectivity index (χ0v) is 12.9. The molecule has 0 aromatic heterocycles. The van der Waals surface area contributed by atoms with Gasteiger partial charge in [0.15, 0.2) is 0 Å². The number of nitrogens with two attached hydrogens (primary N) is 1. The lowest BCUT2D eigenvalue weighted by molar-refractivity contribution is 0.622. The van der Waals surface area contributed by atoms with Gasteiger partial charge in [0, 0.05) is 15.5 Å². The van der Waals surface area contributed by atoms with Crippen molar-refractivity contribution in [1.82, 2.24) is 0 Å². The third-order valence-corrected chi connectivity index (χ3v) is 4.18. The average molecular weight is 363 g/mol. The molecule has 0 radical (unpaired) electrons. The molecule has 2 aromatic rings. The third-order valence-electron chi connectivity index (χ3n) is 2.83. The van der Waals surface area contributed by atoms with E-state index in [1.165, 1.54) is 6.07 Å². The van der Waals surface area contributed by atoms with Crippen LogP contribution in [0.5, 0.6) is 0 Å². The Bertz CT molecular complexity index is 604. The second kappa shape index (κ2) is 6.23. The minimum absolute atomic E-state index is 0.128. The average Bonchev–Trinajstić information content (AvgIpc) is 2.34. The molecule has 0 aliphatic rings. The summed E-state index contributed by atoms with van der Waals surface area (Å²) >= 11 is 15.2. The maximum atomic E-state index is 13.4. The van der Waals surface area contributed by atoms with E-state index in [0.717, 1.165) is 10.0 Å². The zero-order valence-electron chi connectivity index (χ0n) is 9.84. The van der Waals surface area contributed by atoms with E-state index < -0.39 is 5.82 Å². The lowest BCUT2D eigenvalue weighted by Crippen LogP contribution is -2.14. The predicted molar refractivity (Wildman–Crippen MR) is 81.2 cm³/mol. The second-order valence-electron chi connectivity index (χ2n) is 4.19. The highest BCUT2D eigenvalue weighted by Gasteiger charge is 2.14. The first-order chi connectivity index (χ1) is 8.99. The highest BCUT2D eigenvalue weighted by atomic mass is 79.9. The van der Waals surface area contributed by atoms with Crippen molar-refractivity contribution in [2.75, 3.05) is 0 Å². The first-order valence-corrected chi connectivity index (χ1v) is 7.17. The number of halogens is 4. The van der Waals surface area contributed by atoms with E-state index in [9.17, 15) is 4.39 Å². The quantitative estimate of drug-likeness (QED) is 0.803. The Kier molecular flexibility index (Phi) is 4.85. The Labute approximate surface area is 129 Å². The summed E-state index contributed by atoms with van der Waals surface area (Å²) in [6, 6.07) is 9.85. The molecule has 5 heteroatoms. The summed E-state index contributed by atoms with van der Waals surface area (Å²) in [6.45, 7) is 0. The minimum atomic E-state index is -0.429. The molecular formula is C14H11BrCl2FN. The van der Waals surface area contributed by atoms with E-state index in [4.69, 9.17) is 28.9 Å². The third kappa shape index (κ3) is 3.48. The Morgan fingerprint density at radius 3 is 2.63 bits per heavy atom. The Hall–Kier alpha value is -0.610. The highest BCUT2D eigenvalue weighted by molar-refractivity contribution is 9.10. The molecule has 19 heavy (non-hydrogen) atoms. The van der Waals surface area contributed by atoms with Gasteiger partial charge < -0.3 is 5.73 Å². The normalized spacial score (nSPS) is 12.5.